The van der Waals surface area contributed by atoms with Crippen LogP contribution in [0.5, 0.6) is 0 Å². The second-order valence-electron chi connectivity index (χ2n) is 5.64. The lowest BCUT2D eigenvalue weighted by Crippen LogP contribution is -2.27. The topological polar surface area (TPSA) is 98.6 Å². The molecule has 0 aliphatic carbocycles. The van der Waals surface area contributed by atoms with Gasteiger partial charge in [0, 0.05) is 0 Å². The molecule has 3 aromatic rings. The van der Waals surface area contributed by atoms with Crippen LogP contribution in [0.4, 0.5) is 0 Å². The van der Waals surface area contributed by atoms with E-state index in [1.165, 1.54) is 18.2 Å². The van der Waals surface area contributed by atoms with Crippen LogP contribution in [-0.2, 0) is 10.0 Å². The highest BCUT2D eigenvalue weighted by Gasteiger charge is 2.21. The summed E-state index contributed by atoms with van der Waals surface area (Å²) in [6.45, 7) is 1.69. The van der Waals surface area contributed by atoms with Crippen LogP contribution >= 0.6 is 11.6 Å². The number of aromatic amines is 1. The summed E-state index contributed by atoms with van der Waals surface area (Å²) in [4.78, 5) is 7.38. The number of nitrogens with one attached hydrogen (secondary N) is 2. The lowest BCUT2D eigenvalue weighted by Gasteiger charge is -2.12. The number of imidazole rings is 1. The molecule has 2 aromatic carbocycles. The molecule has 132 valence electrons. The molecule has 0 saturated carbocycles. The summed E-state index contributed by atoms with van der Waals surface area (Å²) in [5.74, 6) is 0.493. The number of hydrogen-bond acceptors (Lipinski definition) is 4. The fourth-order valence-corrected chi connectivity index (χ4v) is 3.95. The van der Waals surface area contributed by atoms with Gasteiger partial charge in [-0.25, -0.2) is 18.1 Å². The van der Waals surface area contributed by atoms with Crippen molar-refractivity contribution in [2.45, 2.75) is 17.9 Å². The number of halogens is 1. The fourth-order valence-electron chi connectivity index (χ4n) is 2.43. The lowest BCUT2D eigenvalue weighted by molar-refractivity contribution is 0.561. The molecule has 3 rings (SSSR count). The number of H-pyrrole nitrogens is 1. The fraction of sp³-hybridized carbons (Fsp3) is 0.111. The largest absolute Gasteiger partial charge is 0.341 e. The zero-order valence-electron chi connectivity index (χ0n) is 13.8. The first-order chi connectivity index (χ1) is 12.4. The molecule has 0 fully saturated rings. The van der Waals surface area contributed by atoms with Crippen molar-refractivity contribution >= 4 is 21.6 Å². The molecule has 0 unspecified atom stereocenters. The van der Waals surface area contributed by atoms with Crippen molar-refractivity contribution in [1.82, 2.24) is 14.7 Å². The van der Waals surface area contributed by atoms with Crippen LogP contribution in [0.15, 0.2) is 59.6 Å². The highest BCUT2D eigenvalue weighted by Crippen LogP contribution is 2.23. The van der Waals surface area contributed by atoms with Gasteiger partial charge in [0.25, 0.3) is 0 Å². The average Bonchev–Trinajstić information content (AvgIpc) is 3.12. The van der Waals surface area contributed by atoms with Gasteiger partial charge in [0.15, 0.2) is 0 Å². The summed E-state index contributed by atoms with van der Waals surface area (Å²) in [5, 5.41) is 8.98. The van der Waals surface area contributed by atoms with Gasteiger partial charge in [-0.3, -0.25) is 0 Å². The first-order valence-electron chi connectivity index (χ1n) is 7.73. The summed E-state index contributed by atoms with van der Waals surface area (Å²) in [5.41, 5.74) is 1.98. The Morgan fingerprint density at radius 2 is 1.96 bits per heavy atom. The molecular formula is C18H15ClN4O2S. The first kappa shape index (κ1) is 18.1. The van der Waals surface area contributed by atoms with Crippen LogP contribution in [-0.4, -0.2) is 18.4 Å². The Morgan fingerprint density at radius 3 is 2.62 bits per heavy atom. The molecule has 8 heteroatoms. The molecule has 26 heavy (non-hydrogen) atoms. The van der Waals surface area contributed by atoms with E-state index in [-0.39, 0.29) is 15.5 Å². The van der Waals surface area contributed by atoms with Gasteiger partial charge in [0.2, 0.25) is 10.0 Å². The first-order valence-corrected chi connectivity index (χ1v) is 9.59. The lowest BCUT2D eigenvalue weighted by atomic mass is 10.2. The van der Waals surface area contributed by atoms with Crippen molar-refractivity contribution in [1.29, 1.82) is 5.26 Å². The summed E-state index contributed by atoms with van der Waals surface area (Å²) in [7, 11) is -3.81. The molecule has 2 N–H and O–H groups in total. The molecule has 1 atom stereocenters. The number of nitriles is 1. The van der Waals surface area contributed by atoms with Gasteiger partial charge in [-0.05, 0) is 30.7 Å². The van der Waals surface area contributed by atoms with Crippen molar-refractivity contribution < 1.29 is 8.42 Å². The number of hydrogen-bond donors (Lipinski definition) is 2. The van der Waals surface area contributed by atoms with Crippen molar-refractivity contribution in [3.05, 3.63) is 71.1 Å². The number of benzene rings is 2. The van der Waals surface area contributed by atoms with E-state index in [1.807, 2.05) is 36.4 Å². The summed E-state index contributed by atoms with van der Waals surface area (Å²) < 4.78 is 27.7. The predicted molar refractivity (Wildman–Crippen MR) is 98.9 cm³/mol. The minimum Gasteiger partial charge on any atom is -0.341 e. The van der Waals surface area contributed by atoms with Crippen molar-refractivity contribution in [2.24, 2.45) is 0 Å². The Labute approximate surface area is 156 Å². The standard InChI is InChI=1S/C18H15ClN4O2S/c1-12(18-21-11-17(22-18)13-5-3-2-4-6-13)23-26(24,25)15-8-7-14(10-20)16(19)9-15/h2-9,11-12,23H,1H3,(H,21,22)/t12-/m1/s1. The Kier molecular flexibility index (Phi) is 5.09. The maximum absolute atomic E-state index is 12.6. The van der Waals surface area contributed by atoms with E-state index in [9.17, 15) is 8.42 Å². The van der Waals surface area contributed by atoms with E-state index in [0.717, 1.165) is 11.3 Å². The van der Waals surface area contributed by atoms with Crippen LogP contribution in [0.25, 0.3) is 11.3 Å². The van der Waals surface area contributed by atoms with Crippen molar-refractivity contribution in [3.63, 3.8) is 0 Å². The van der Waals surface area contributed by atoms with Crippen LogP contribution in [0, 0.1) is 11.3 Å². The van der Waals surface area contributed by atoms with Gasteiger partial charge < -0.3 is 4.98 Å². The molecule has 0 radical (unpaired) electrons. The monoisotopic (exact) mass is 386 g/mol. The Morgan fingerprint density at radius 1 is 1.23 bits per heavy atom. The highest BCUT2D eigenvalue weighted by molar-refractivity contribution is 7.89. The zero-order valence-corrected chi connectivity index (χ0v) is 15.3. The molecule has 0 aliphatic rings. The van der Waals surface area contributed by atoms with E-state index in [4.69, 9.17) is 16.9 Å². The number of rotatable bonds is 5. The van der Waals surface area contributed by atoms with Gasteiger partial charge in [0.05, 0.1) is 33.4 Å². The van der Waals surface area contributed by atoms with Gasteiger partial charge in [-0.2, -0.15) is 5.26 Å². The van der Waals surface area contributed by atoms with Gasteiger partial charge in [-0.15, -0.1) is 0 Å². The number of aromatic nitrogens is 2. The van der Waals surface area contributed by atoms with Crippen molar-refractivity contribution in [2.75, 3.05) is 0 Å². The van der Waals surface area contributed by atoms with Gasteiger partial charge in [0.1, 0.15) is 11.9 Å². The molecular weight excluding hydrogens is 372 g/mol. The van der Waals surface area contributed by atoms with Crippen LogP contribution in [0.2, 0.25) is 5.02 Å². The van der Waals surface area contributed by atoms with E-state index in [0.29, 0.717) is 5.82 Å². The Balaban J connectivity index is 1.81. The third kappa shape index (κ3) is 3.78. The molecule has 0 bridgehead atoms. The maximum Gasteiger partial charge on any atom is 0.241 e. The second kappa shape index (κ2) is 7.30. The van der Waals surface area contributed by atoms with Crippen LogP contribution < -0.4 is 4.72 Å². The van der Waals surface area contributed by atoms with Crippen LogP contribution in [0.1, 0.15) is 24.4 Å². The Bertz CT molecular complexity index is 1070. The van der Waals surface area contributed by atoms with Crippen molar-refractivity contribution in [3.8, 4) is 17.3 Å². The third-order valence-electron chi connectivity index (χ3n) is 3.79. The van der Waals surface area contributed by atoms with E-state index in [1.54, 1.807) is 13.1 Å². The molecule has 0 aliphatic heterocycles. The molecule has 1 heterocycles. The van der Waals surface area contributed by atoms with E-state index in [2.05, 4.69) is 14.7 Å². The summed E-state index contributed by atoms with van der Waals surface area (Å²) in [6.07, 6.45) is 1.66. The minimum absolute atomic E-state index is 0.0109. The van der Waals surface area contributed by atoms with E-state index >= 15 is 0 Å². The molecule has 0 amide bonds. The van der Waals surface area contributed by atoms with E-state index < -0.39 is 16.1 Å². The minimum atomic E-state index is -3.81. The molecule has 6 nitrogen and oxygen atoms in total. The molecule has 0 spiro atoms. The third-order valence-corrected chi connectivity index (χ3v) is 5.64. The second-order valence-corrected chi connectivity index (χ2v) is 7.77. The predicted octanol–water partition coefficient (Wildman–Crippen LogP) is 3.64. The highest BCUT2D eigenvalue weighted by atomic mass is 35.5. The number of sulfonamides is 1. The number of nitrogens with zero attached hydrogens (tertiary/aromatic N) is 2. The SMILES string of the molecule is C[C@@H](NS(=O)(=O)c1ccc(C#N)c(Cl)c1)c1ncc(-c2ccccc2)[nH]1. The van der Waals surface area contributed by atoms with Crippen LogP contribution in [0.3, 0.4) is 0 Å². The molecule has 0 saturated heterocycles. The van der Waals surface area contributed by atoms with Gasteiger partial charge >= 0.3 is 0 Å². The Hall–Kier alpha value is -2.66. The normalized spacial score (nSPS) is 12.5. The smallest absolute Gasteiger partial charge is 0.241 e. The zero-order chi connectivity index (χ0) is 18.7. The summed E-state index contributed by atoms with van der Waals surface area (Å²) >= 11 is 5.93. The van der Waals surface area contributed by atoms with Gasteiger partial charge in [-0.1, -0.05) is 41.9 Å². The molecule has 1 aromatic heterocycles. The maximum atomic E-state index is 12.6. The summed E-state index contributed by atoms with van der Waals surface area (Å²) in [6, 6.07) is 14.9. The quantitative estimate of drug-likeness (QED) is 0.699. The average molecular weight is 387 g/mol.